The molecule has 1 aromatic heterocycles. The Morgan fingerprint density at radius 3 is 2.75 bits per heavy atom. The van der Waals surface area contributed by atoms with Gasteiger partial charge >= 0.3 is 0 Å². The van der Waals surface area contributed by atoms with E-state index >= 15 is 0 Å². The number of aromatic nitrogens is 1. The maximum Gasteiger partial charge on any atom is 0.0398 e. The van der Waals surface area contributed by atoms with Crippen molar-refractivity contribution < 1.29 is 0 Å². The molecule has 0 aromatic carbocycles. The normalized spacial score (nSPS) is 9.12. The highest BCUT2D eigenvalue weighted by molar-refractivity contribution is 5.41. The Balaban J connectivity index is 3.09. The third kappa shape index (κ3) is 0.668. The lowest BCUT2D eigenvalue weighted by Gasteiger charge is -1.91. The molecule has 0 aliphatic rings. The molecule has 0 fully saturated rings. The molecule has 0 atom stereocenters. The molecule has 0 unspecified atom stereocenters. The average molecular weight is 107 g/mol. The summed E-state index contributed by atoms with van der Waals surface area (Å²) in [6.45, 7) is 3.64. The van der Waals surface area contributed by atoms with E-state index in [1.54, 1.807) is 0 Å². The van der Waals surface area contributed by atoms with Crippen molar-refractivity contribution in [3.8, 4) is 0 Å². The Bertz CT molecular complexity index is 186. The van der Waals surface area contributed by atoms with Gasteiger partial charge in [0, 0.05) is 18.9 Å². The Labute approximate surface area is 49.3 Å². The molecule has 0 spiro atoms. The Morgan fingerprint density at radius 2 is 2.50 bits per heavy atom. The number of hydrogen-bond acceptors (Lipinski definition) is 0. The fraction of sp³-hybridized carbons (Fsp3) is 0.143. The van der Waals surface area contributed by atoms with Crippen LogP contribution in [0, 0.1) is 0 Å². The van der Waals surface area contributed by atoms with Gasteiger partial charge in [0.15, 0.2) is 0 Å². The van der Waals surface area contributed by atoms with Gasteiger partial charge in [0.2, 0.25) is 0 Å². The molecule has 0 radical (unpaired) electrons. The molecule has 1 nitrogen and oxygen atoms in total. The van der Waals surface area contributed by atoms with E-state index in [9.17, 15) is 0 Å². The van der Waals surface area contributed by atoms with Crippen molar-refractivity contribution in [2.24, 2.45) is 7.05 Å². The highest BCUT2D eigenvalue weighted by atomic mass is 14.9. The second-order valence-electron chi connectivity index (χ2n) is 1.75. The first-order valence-corrected chi connectivity index (χ1v) is 2.58. The summed E-state index contributed by atoms with van der Waals surface area (Å²) in [6.07, 6.45) is 3.83. The summed E-state index contributed by atoms with van der Waals surface area (Å²) in [5.41, 5.74) is 1.16. The highest BCUT2D eigenvalue weighted by Gasteiger charge is 1.85. The Kier molecular flexibility index (Phi) is 1.20. The smallest absolute Gasteiger partial charge is 0.0398 e. The van der Waals surface area contributed by atoms with Crippen molar-refractivity contribution in [3.63, 3.8) is 0 Å². The lowest BCUT2D eigenvalue weighted by Crippen LogP contribution is -1.85. The fourth-order valence-corrected chi connectivity index (χ4v) is 0.686. The van der Waals surface area contributed by atoms with Crippen molar-refractivity contribution in [1.82, 2.24) is 4.57 Å². The number of nitrogens with zero attached hydrogens (tertiary/aromatic N) is 1. The van der Waals surface area contributed by atoms with Gasteiger partial charge in [0.1, 0.15) is 0 Å². The minimum absolute atomic E-state index is 1.16. The second kappa shape index (κ2) is 1.86. The number of rotatable bonds is 1. The summed E-state index contributed by atoms with van der Waals surface area (Å²) in [5.74, 6) is 0. The standard InChI is InChI=1S/C7H9N/c1-3-7-5-4-6-8(7)2/h3-6H,1H2,2H3. The van der Waals surface area contributed by atoms with E-state index in [0.717, 1.165) is 5.69 Å². The minimum atomic E-state index is 1.16. The molecule has 1 rings (SSSR count). The molecule has 0 bridgehead atoms. The van der Waals surface area contributed by atoms with E-state index in [1.807, 2.05) is 36.0 Å². The molecule has 1 aromatic rings. The first-order valence-electron chi connectivity index (χ1n) is 2.58. The van der Waals surface area contributed by atoms with E-state index in [0.29, 0.717) is 0 Å². The zero-order valence-electron chi connectivity index (χ0n) is 4.96. The summed E-state index contributed by atoms with van der Waals surface area (Å²) < 4.78 is 2.02. The lowest BCUT2D eigenvalue weighted by atomic mass is 10.4. The molecule has 0 aliphatic heterocycles. The fourth-order valence-electron chi connectivity index (χ4n) is 0.686. The second-order valence-corrected chi connectivity index (χ2v) is 1.75. The molecular weight excluding hydrogens is 98.1 g/mol. The molecule has 1 heterocycles. The van der Waals surface area contributed by atoms with E-state index in [2.05, 4.69) is 6.58 Å². The Hall–Kier alpha value is -0.980. The summed E-state index contributed by atoms with van der Waals surface area (Å²) in [4.78, 5) is 0. The zero-order chi connectivity index (χ0) is 5.98. The van der Waals surface area contributed by atoms with E-state index in [1.165, 1.54) is 0 Å². The molecular formula is C7H9N. The molecule has 42 valence electrons. The predicted octanol–water partition coefficient (Wildman–Crippen LogP) is 1.67. The van der Waals surface area contributed by atoms with Crippen LogP contribution in [0.1, 0.15) is 5.69 Å². The number of hydrogen-bond donors (Lipinski definition) is 0. The van der Waals surface area contributed by atoms with Gasteiger partial charge in [-0.15, -0.1) is 0 Å². The molecule has 0 aliphatic carbocycles. The summed E-state index contributed by atoms with van der Waals surface area (Å²) in [5, 5.41) is 0. The van der Waals surface area contributed by atoms with Crippen LogP contribution in [-0.2, 0) is 7.05 Å². The van der Waals surface area contributed by atoms with Gasteiger partial charge < -0.3 is 4.57 Å². The van der Waals surface area contributed by atoms with Gasteiger partial charge in [0.05, 0.1) is 0 Å². The Morgan fingerprint density at radius 1 is 1.75 bits per heavy atom. The molecule has 1 heteroatoms. The van der Waals surface area contributed by atoms with Crippen LogP contribution in [0.2, 0.25) is 0 Å². The van der Waals surface area contributed by atoms with Gasteiger partial charge in [-0.3, -0.25) is 0 Å². The largest absolute Gasteiger partial charge is 0.351 e. The number of aryl methyl sites for hydroxylation is 1. The highest BCUT2D eigenvalue weighted by Crippen LogP contribution is 1.98. The van der Waals surface area contributed by atoms with Crippen molar-refractivity contribution in [3.05, 3.63) is 30.6 Å². The van der Waals surface area contributed by atoms with Gasteiger partial charge in [-0.1, -0.05) is 6.58 Å². The zero-order valence-corrected chi connectivity index (χ0v) is 4.96. The van der Waals surface area contributed by atoms with E-state index in [-0.39, 0.29) is 0 Å². The van der Waals surface area contributed by atoms with Crippen molar-refractivity contribution in [2.75, 3.05) is 0 Å². The van der Waals surface area contributed by atoms with Crippen molar-refractivity contribution in [1.29, 1.82) is 0 Å². The van der Waals surface area contributed by atoms with Crippen LogP contribution < -0.4 is 0 Å². The summed E-state index contributed by atoms with van der Waals surface area (Å²) >= 11 is 0. The van der Waals surface area contributed by atoms with Gasteiger partial charge in [-0.2, -0.15) is 0 Å². The SMILES string of the molecule is C=Cc1cccn1C. The third-order valence-electron chi connectivity index (χ3n) is 1.19. The van der Waals surface area contributed by atoms with Crippen LogP contribution in [0.5, 0.6) is 0 Å². The van der Waals surface area contributed by atoms with Gasteiger partial charge in [0.25, 0.3) is 0 Å². The van der Waals surface area contributed by atoms with Gasteiger partial charge in [-0.25, -0.2) is 0 Å². The molecule has 0 saturated carbocycles. The van der Waals surface area contributed by atoms with Crippen LogP contribution in [0.25, 0.3) is 6.08 Å². The monoisotopic (exact) mass is 107 g/mol. The lowest BCUT2D eigenvalue weighted by molar-refractivity contribution is 0.915. The molecule has 0 N–H and O–H groups in total. The summed E-state index contributed by atoms with van der Waals surface area (Å²) in [7, 11) is 2.00. The van der Waals surface area contributed by atoms with Crippen LogP contribution in [0.15, 0.2) is 24.9 Å². The minimum Gasteiger partial charge on any atom is -0.351 e. The third-order valence-corrected chi connectivity index (χ3v) is 1.19. The molecule has 0 saturated heterocycles. The summed E-state index contributed by atoms with van der Waals surface area (Å²) in [6, 6.07) is 4.02. The maximum atomic E-state index is 3.64. The molecule has 0 amide bonds. The van der Waals surface area contributed by atoms with E-state index < -0.39 is 0 Å². The van der Waals surface area contributed by atoms with E-state index in [4.69, 9.17) is 0 Å². The average Bonchev–Trinajstić information content (AvgIpc) is 2.14. The first kappa shape index (κ1) is 5.16. The van der Waals surface area contributed by atoms with Crippen LogP contribution in [-0.4, -0.2) is 4.57 Å². The van der Waals surface area contributed by atoms with Crippen molar-refractivity contribution in [2.45, 2.75) is 0 Å². The molecule has 8 heavy (non-hydrogen) atoms. The van der Waals surface area contributed by atoms with Crippen molar-refractivity contribution >= 4 is 6.08 Å². The topological polar surface area (TPSA) is 4.93 Å². The van der Waals surface area contributed by atoms with Gasteiger partial charge in [-0.05, 0) is 18.2 Å². The quantitative estimate of drug-likeness (QED) is 0.514. The maximum absolute atomic E-state index is 3.64. The van der Waals surface area contributed by atoms with Crippen LogP contribution in [0.3, 0.4) is 0 Å². The van der Waals surface area contributed by atoms with Crippen LogP contribution in [0.4, 0.5) is 0 Å². The van der Waals surface area contributed by atoms with Crippen LogP contribution >= 0.6 is 0 Å². The first-order chi connectivity index (χ1) is 3.84. The predicted molar refractivity (Wildman–Crippen MR) is 35.5 cm³/mol.